The summed E-state index contributed by atoms with van der Waals surface area (Å²) in [5.41, 5.74) is 0. The molecule has 1 aliphatic rings. The van der Waals surface area contributed by atoms with Gasteiger partial charge in [-0.1, -0.05) is 20.8 Å². The van der Waals surface area contributed by atoms with Gasteiger partial charge in [0, 0.05) is 0 Å². The summed E-state index contributed by atoms with van der Waals surface area (Å²) in [4.78, 5) is 0. The van der Waals surface area contributed by atoms with Crippen molar-refractivity contribution in [2.75, 3.05) is 0 Å². The predicted octanol–water partition coefficient (Wildman–Crippen LogP) is 2.83. The molecule has 72 valence electrons. The van der Waals surface area contributed by atoms with Crippen LogP contribution in [0, 0.1) is 17.8 Å². The lowest BCUT2D eigenvalue weighted by molar-refractivity contribution is 0.0657. The van der Waals surface area contributed by atoms with Crippen LogP contribution in [-0.4, -0.2) is 11.2 Å². The molecule has 1 rings (SSSR count). The van der Waals surface area contributed by atoms with Crippen LogP contribution >= 0.6 is 0 Å². The van der Waals surface area contributed by atoms with Crippen molar-refractivity contribution >= 4 is 0 Å². The molecule has 3 atom stereocenters. The van der Waals surface area contributed by atoms with Crippen molar-refractivity contribution in [1.82, 2.24) is 0 Å². The third-order valence-electron chi connectivity index (χ3n) is 3.11. The molecule has 0 radical (unpaired) electrons. The highest BCUT2D eigenvalue weighted by Crippen LogP contribution is 2.33. The second-order valence-electron chi connectivity index (χ2n) is 4.83. The van der Waals surface area contributed by atoms with E-state index in [1.54, 1.807) is 0 Å². The van der Waals surface area contributed by atoms with E-state index < -0.39 is 0 Å². The molecular formula is C11H22O. The lowest BCUT2D eigenvalue weighted by Gasteiger charge is -2.32. The van der Waals surface area contributed by atoms with Gasteiger partial charge in [0.2, 0.25) is 0 Å². The highest BCUT2D eigenvalue weighted by atomic mass is 16.3. The van der Waals surface area contributed by atoms with Crippen LogP contribution in [0.4, 0.5) is 0 Å². The van der Waals surface area contributed by atoms with Crippen molar-refractivity contribution in [2.24, 2.45) is 17.8 Å². The molecule has 0 amide bonds. The van der Waals surface area contributed by atoms with Crippen molar-refractivity contribution in [3.8, 4) is 0 Å². The predicted molar refractivity (Wildman–Crippen MR) is 52.0 cm³/mol. The van der Waals surface area contributed by atoms with Crippen LogP contribution in [0.15, 0.2) is 0 Å². The van der Waals surface area contributed by atoms with Gasteiger partial charge >= 0.3 is 0 Å². The van der Waals surface area contributed by atoms with E-state index in [4.69, 9.17) is 0 Å². The van der Waals surface area contributed by atoms with E-state index >= 15 is 0 Å². The standard InChI is InChI=1S/C11H22O/c1-8(2)6-10-7-11(12)5-4-9(10)3/h8-12H,4-7H2,1-3H3. The van der Waals surface area contributed by atoms with Crippen LogP contribution in [0.25, 0.3) is 0 Å². The average Bonchev–Trinajstić information content (AvgIpc) is 1.96. The second-order valence-corrected chi connectivity index (χ2v) is 4.83. The molecule has 1 aliphatic carbocycles. The summed E-state index contributed by atoms with van der Waals surface area (Å²) < 4.78 is 0. The lowest BCUT2D eigenvalue weighted by atomic mass is 9.75. The Bertz CT molecular complexity index is 129. The van der Waals surface area contributed by atoms with Crippen molar-refractivity contribution < 1.29 is 5.11 Å². The molecule has 0 bridgehead atoms. The Balaban J connectivity index is 2.38. The van der Waals surface area contributed by atoms with E-state index in [1.165, 1.54) is 12.8 Å². The Morgan fingerprint density at radius 3 is 2.58 bits per heavy atom. The van der Waals surface area contributed by atoms with Crippen LogP contribution < -0.4 is 0 Å². The zero-order valence-electron chi connectivity index (χ0n) is 8.59. The van der Waals surface area contributed by atoms with Crippen LogP contribution in [0.3, 0.4) is 0 Å². The normalized spacial score (nSPS) is 37.2. The topological polar surface area (TPSA) is 20.2 Å². The molecule has 0 aromatic carbocycles. The Hall–Kier alpha value is -0.0400. The second kappa shape index (κ2) is 4.27. The molecule has 0 spiro atoms. The molecule has 1 nitrogen and oxygen atoms in total. The molecular weight excluding hydrogens is 148 g/mol. The smallest absolute Gasteiger partial charge is 0.0543 e. The number of aliphatic hydroxyl groups is 1. The Morgan fingerprint density at radius 2 is 2.00 bits per heavy atom. The first-order chi connectivity index (χ1) is 5.59. The van der Waals surface area contributed by atoms with Gasteiger partial charge in [0.15, 0.2) is 0 Å². The summed E-state index contributed by atoms with van der Waals surface area (Å²) in [5, 5.41) is 9.51. The minimum Gasteiger partial charge on any atom is -0.393 e. The van der Waals surface area contributed by atoms with E-state index in [9.17, 15) is 5.11 Å². The van der Waals surface area contributed by atoms with Crippen LogP contribution in [0.1, 0.15) is 46.5 Å². The van der Waals surface area contributed by atoms with Crippen molar-refractivity contribution in [3.63, 3.8) is 0 Å². The Morgan fingerprint density at radius 1 is 1.33 bits per heavy atom. The number of hydrogen-bond donors (Lipinski definition) is 1. The van der Waals surface area contributed by atoms with Gasteiger partial charge in [-0.15, -0.1) is 0 Å². The summed E-state index contributed by atoms with van der Waals surface area (Å²) in [6.45, 7) is 6.88. The van der Waals surface area contributed by atoms with E-state index in [1.807, 2.05) is 0 Å². The van der Waals surface area contributed by atoms with E-state index in [0.29, 0.717) is 0 Å². The van der Waals surface area contributed by atoms with Gasteiger partial charge in [0.05, 0.1) is 6.10 Å². The Labute approximate surface area is 76.2 Å². The first-order valence-corrected chi connectivity index (χ1v) is 5.27. The summed E-state index contributed by atoms with van der Waals surface area (Å²) >= 11 is 0. The number of hydrogen-bond acceptors (Lipinski definition) is 1. The minimum atomic E-state index is -0.00931. The first kappa shape index (κ1) is 10.0. The Kier molecular flexibility index (Phi) is 3.57. The van der Waals surface area contributed by atoms with E-state index in [0.717, 1.165) is 30.6 Å². The van der Waals surface area contributed by atoms with Crippen molar-refractivity contribution in [2.45, 2.75) is 52.6 Å². The summed E-state index contributed by atoms with van der Waals surface area (Å²) in [5.74, 6) is 2.38. The van der Waals surface area contributed by atoms with Crippen LogP contribution in [0.2, 0.25) is 0 Å². The fourth-order valence-corrected chi connectivity index (χ4v) is 2.32. The van der Waals surface area contributed by atoms with Gasteiger partial charge in [0.25, 0.3) is 0 Å². The van der Waals surface area contributed by atoms with Crippen LogP contribution in [-0.2, 0) is 0 Å². The molecule has 1 fully saturated rings. The molecule has 0 aromatic rings. The summed E-state index contributed by atoms with van der Waals surface area (Å²) in [6.07, 6.45) is 4.57. The molecule has 3 unspecified atom stereocenters. The maximum absolute atomic E-state index is 9.51. The molecule has 1 N–H and O–H groups in total. The zero-order valence-corrected chi connectivity index (χ0v) is 8.59. The van der Waals surface area contributed by atoms with E-state index in [2.05, 4.69) is 20.8 Å². The maximum atomic E-state index is 9.51. The van der Waals surface area contributed by atoms with Crippen molar-refractivity contribution in [1.29, 1.82) is 0 Å². The quantitative estimate of drug-likeness (QED) is 0.675. The van der Waals surface area contributed by atoms with Gasteiger partial charge < -0.3 is 5.11 Å². The van der Waals surface area contributed by atoms with Gasteiger partial charge in [0.1, 0.15) is 0 Å². The molecule has 1 saturated carbocycles. The third kappa shape index (κ3) is 2.78. The van der Waals surface area contributed by atoms with Gasteiger partial charge in [-0.25, -0.2) is 0 Å². The molecule has 0 saturated heterocycles. The van der Waals surface area contributed by atoms with Gasteiger partial charge in [-0.2, -0.15) is 0 Å². The molecule has 0 heterocycles. The lowest BCUT2D eigenvalue weighted by Crippen LogP contribution is -2.27. The van der Waals surface area contributed by atoms with Crippen molar-refractivity contribution in [3.05, 3.63) is 0 Å². The molecule has 0 aromatic heterocycles. The van der Waals surface area contributed by atoms with E-state index in [-0.39, 0.29) is 6.10 Å². The first-order valence-electron chi connectivity index (χ1n) is 5.27. The zero-order chi connectivity index (χ0) is 9.14. The fraction of sp³-hybridized carbons (Fsp3) is 1.00. The number of rotatable bonds is 2. The highest BCUT2D eigenvalue weighted by Gasteiger charge is 2.26. The third-order valence-corrected chi connectivity index (χ3v) is 3.11. The highest BCUT2D eigenvalue weighted by molar-refractivity contribution is 4.77. The number of aliphatic hydroxyl groups excluding tert-OH is 1. The monoisotopic (exact) mass is 170 g/mol. The molecule has 1 heteroatoms. The average molecular weight is 170 g/mol. The summed E-state index contributed by atoms with van der Waals surface area (Å²) in [7, 11) is 0. The molecule has 0 aliphatic heterocycles. The minimum absolute atomic E-state index is 0.00931. The van der Waals surface area contributed by atoms with Crippen LogP contribution in [0.5, 0.6) is 0 Å². The summed E-state index contributed by atoms with van der Waals surface area (Å²) in [6, 6.07) is 0. The maximum Gasteiger partial charge on any atom is 0.0543 e. The van der Waals surface area contributed by atoms with Gasteiger partial charge in [-0.05, 0) is 43.4 Å². The van der Waals surface area contributed by atoms with Gasteiger partial charge in [-0.3, -0.25) is 0 Å². The largest absolute Gasteiger partial charge is 0.393 e. The molecule has 12 heavy (non-hydrogen) atoms. The SMILES string of the molecule is CC(C)CC1CC(O)CCC1C. The fourth-order valence-electron chi connectivity index (χ4n) is 2.32.